The van der Waals surface area contributed by atoms with Gasteiger partial charge in [0.05, 0.1) is 41.1 Å². The number of nitrogens with two attached hydrogens (primary N) is 1. The van der Waals surface area contributed by atoms with Gasteiger partial charge in [-0.15, -0.1) is 0 Å². The Morgan fingerprint density at radius 2 is 2.07 bits per heavy atom. The quantitative estimate of drug-likeness (QED) is 0.630. The zero-order valence-corrected chi connectivity index (χ0v) is 14.3. The van der Waals surface area contributed by atoms with Crippen LogP contribution in [0.4, 0.5) is 10.3 Å². The van der Waals surface area contributed by atoms with Gasteiger partial charge in [0, 0.05) is 12.0 Å². The number of rotatable bonds is 2. The van der Waals surface area contributed by atoms with Crippen molar-refractivity contribution in [2.75, 3.05) is 5.73 Å². The number of halogens is 1. The fraction of sp³-hybridized carbons (Fsp3) is 0.167. The molecule has 0 radical (unpaired) electrons. The Kier molecular flexibility index (Phi) is 3.91. The lowest BCUT2D eigenvalue weighted by Crippen LogP contribution is -2.37. The Bertz CT molecular complexity index is 1070. The van der Waals surface area contributed by atoms with Crippen LogP contribution in [0.1, 0.15) is 33.4 Å². The molecule has 0 spiro atoms. The minimum absolute atomic E-state index is 0.0953. The van der Waals surface area contributed by atoms with E-state index < -0.39 is 11.9 Å². The zero-order valence-electron chi connectivity index (χ0n) is 14.3. The van der Waals surface area contributed by atoms with Crippen molar-refractivity contribution in [3.63, 3.8) is 0 Å². The zero-order chi connectivity index (χ0) is 19.1. The van der Waals surface area contributed by atoms with Crippen molar-refractivity contribution in [3.05, 3.63) is 58.9 Å². The summed E-state index contributed by atoms with van der Waals surface area (Å²) in [6.07, 6.45) is 2.96. The summed E-state index contributed by atoms with van der Waals surface area (Å²) in [5, 5.41) is 12.5. The lowest BCUT2D eigenvalue weighted by Gasteiger charge is -2.27. The van der Waals surface area contributed by atoms with Gasteiger partial charge >= 0.3 is 0 Å². The standard InChI is InChI=1S/C18H15FN6O2/c1-8-16-13(25-18(20)22-8)5-12(24-17(16)27)10-3-2-9(19)4-11(10)14-6-21-7-15(26)23-14/h2-4,6-7,12H,5H2,1H3,(H,23,26)(H,24,27)(H2,20,22,25). The third-order valence-electron chi connectivity index (χ3n) is 4.40. The highest BCUT2D eigenvalue weighted by Crippen LogP contribution is 2.33. The number of carbonyl (C=O) groups is 1. The van der Waals surface area contributed by atoms with Gasteiger partial charge in [0.25, 0.3) is 5.91 Å². The fourth-order valence-electron chi connectivity index (χ4n) is 3.30. The first kappa shape index (κ1) is 16.8. The molecule has 27 heavy (non-hydrogen) atoms. The number of anilines is 1. The van der Waals surface area contributed by atoms with E-state index in [1.807, 2.05) is 0 Å². The van der Waals surface area contributed by atoms with Crippen LogP contribution in [0.3, 0.4) is 0 Å². The van der Waals surface area contributed by atoms with Crippen LogP contribution in [0.25, 0.3) is 11.3 Å². The summed E-state index contributed by atoms with van der Waals surface area (Å²) >= 11 is 0. The van der Waals surface area contributed by atoms with Crippen LogP contribution in [0.2, 0.25) is 0 Å². The molecule has 4 N–H and O–H groups in total. The van der Waals surface area contributed by atoms with E-state index in [0.29, 0.717) is 40.2 Å². The minimum Gasteiger partial charge on any atom is -0.492 e. The second-order valence-corrected chi connectivity index (χ2v) is 6.21. The molecule has 3 heterocycles. The van der Waals surface area contributed by atoms with Gasteiger partial charge in [-0.05, 0) is 24.6 Å². The number of aromatic hydroxyl groups is 1. The first-order valence-electron chi connectivity index (χ1n) is 8.17. The number of nitrogens with one attached hydrogen (secondary N) is 1. The van der Waals surface area contributed by atoms with Crippen LogP contribution in [0.5, 0.6) is 5.88 Å². The molecule has 1 atom stereocenters. The van der Waals surface area contributed by atoms with Crippen molar-refractivity contribution in [3.8, 4) is 17.1 Å². The molecule has 9 heteroatoms. The molecule has 1 aliphatic rings. The molecule has 8 nitrogen and oxygen atoms in total. The Hall–Kier alpha value is -3.62. The maximum absolute atomic E-state index is 13.9. The summed E-state index contributed by atoms with van der Waals surface area (Å²) < 4.78 is 13.9. The van der Waals surface area contributed by atoms with E-state index in [0.717, 1.165) is 0 Å². The number of aryl methyl sites for hydroxylation is 1. The van der Waals surface area contributed by atoms with Crippen LogP contribution in [0.15, 0.2) is 30.6 Å². The van der Waals surface area contributed by atoms with E-state index in [2.05, 4.69) is 25.3 Å². The van der Waals surface area contributed by atoms with Gasteiger partial charge in [0.1, 0.15) is 5.82 Å². The summed E-state index contributed by atoms with van der Waals surface area (Å²) in [7, 11) is 0. The van der Waals surface area contributed by atoms with Gasteiger partial charge in [-0.1, -0.05) is 6.07 Å². The van der Waals surface area contributed by atoms with Crippen LogP contribution in [0, 0.1) is 12.7 Å². The Morgan fingerprint density at radius 3 is 2.85 bits per heavy atom. The molecule has 2 aromatic heterocycles. The van der Waals surface area contributed by atoms with Gasteiger partial charge in [-0.2, -0.15) is 0 Å². The maximum atomic E-state index is 13.9. The molecular formula is C18H15FN6O2. The molecule has 0 saturated carbocycles. The van der Waals surface area contributed by atoms with Crippen molar-refractivity contribution in [1.29, 1.82) is 0 Å². The van der Waals surface area contributed by atoms with Crippen LogP contribution in [-0.2, 0) is 6.42 Å². The molecule has 136 valence electrons. The van der Waals surface area contributed by atoms with Gasteiger partial charge in [0.2, 0.25) is 11.8 Å². The molecule has 1 unspecified atom stereocenters. The molecule has 1 amide bonds. The molecular weight excluding hydrogens is 351 g/mol. The molecule has 0 aliphatic carbocycles. The van der Waals surface area contributed by atoms with E-state index in [1.165, 1.54) is 24.5 Å². The SMILES string of the molecule is Cc1nc(N)nc2c1C(=O)NC(c1ccc(F)cc1-c1cncc(O)n1)C2. The minimum atomic E-state index is -0.474. The molecule has 3 aromatic rings. The number of benzene rings is 1. The van der Waals surface area contributed by atoms with Crippen LogP contribution < -0.4 is 11.1 Å². The fourth-order valence-corrected chi connectivity index (χ4v) is 3.30. The van der Waals surface area contributed by atoms with Gasteiger partial charge in [0.15, 0.2) is 0 Å². The van der Waals surface area contributed by atoms with E-state index in [4.69, 9.17) is 5.73 Å². The topological polar surface area (TPSA) is 127 Å². The second-order valence-electron chi connectivity index (χ2n) is 6.21. The van der Waals surface area contributed by atoms with Crippen molar-refractivity contribution in [1.82, 2.24) is 25.3 Å². The third-order valence-corrected chi connectivity index (χ3v) is 4.40. The predicted octanol–water partition coefficient (Wildman–Crippen LogP) is 1.70. The third kappa shape index (κ3) is 3.03. The van der Waals surface area contributed by atoms with E-state index in [-0.39, 0.29) is 17.7 Å². The molecule has 4 rings (SSSR count). The van der Waals surface area contributed by atoms with Crippen molar-refractivity contribution in [2.45, 2.75) is 19.4 Å². The highest BCUT2D eigenvalue weighted by atomic mass is 19.1. The molecule has 0 fully saturated rings. The predicted molar refractivity (Wildman–Crippen MR) is 94.2 cm³/mol. The molecule has 0 bridgehead atoms. The number of carbonyl (C=O) groups excluding carboxylic acids is 1. The number of nitrogens with zero attached hydrogens (tertiary/aromatic N) is 4. The molecule has 1 aromatic carbocycles. The summed E-state index contributed by atoms with van der Waals surface area (Å²) in [6, 6.07) is 3.69. The van der Waals surface area contributed by atoms with Crippen LogP contribution >= 0.6 is 0 Å². The van der Waals surface area contributed by atoms with Crippen LogP contribution in [-0.4, -0.2) is 30.9 Å². The van der Waals surface area contributed by atoms with Crippen molar-refractivity contribution in [2.24, 2.45) is 0 Å². The lowest BCUT2D eigenvalue weighted by atomic mass is 9.90. The normalized spacial score (nSPS) is 15.9. The monoisotopic (exact) mass is 366 g/mol. The smallest absolute Gasteiger partial charge is 0.255 e. The summed E-state index contributed by atoms with van der Waals surface area (Å²) in [6.45, 7) is 1.70. The summed E-state index contributed by atoms with van der Waals surface area (Å²) in [5.41, 5.74) is 8.51. The summed E-state index contributed by atoms with van der Waals surface area (Å²) in [4.78, 5) is 28.7. The number of amides is 1. The average Bonchev–Trinajstić information content (AvgIpc) is 2.60. The first-order chi connectivity index (χ1) is 12.9. The highest BCUT2D eigenvalue weighted by Gasteiger charge is 2.30. The van der Waals surface area contributed by atoms with Crippen molar-refractivity contribution < 1.29 is 14.3 Å². The number of aromatic nitrogens is 4. The van der Waals surface area contributed by atoms with E-state index in [1.54, 1.807) is 13.0 Å². The first-order valence-corrected chi connectivity index (χ1v) is 8.17. The van der Waals surface area contributed by atoms with E-state index >= 15 is 0 Å². The van der Waals surface area contributed by atoms with Gasteiger partial charge in [-0.3, -0.25) is 9.78 Å². The molecule has 0 saturated heterocycles. The Labute approximate surface area is 153 Å². The van der Waals surface area contributed by atoms with E-state index in [9.17, 15) is 14.3 Å². The highest BCUT2D eigenvalue weighted by molar-refractivity contribution is 5.98. The number of fused-ring (bicyclic) bond motifs is 1. The maximum Gasteiger partial charge on any atom is 0.255 e. The number of hydrogen-bond donors (Lipinski definition) is 3. The summed E-state index contributed by atoms with van der Waals surface area (Å²) in [5.74, 6) is -0.977. The number of nitrogen functional groups attached to an aromatic ring is 1. The Balaban J connectivity index is 1.82. The Morgan fingerprint density at radius 1 is 1.26 bits per heavy atom. The average molecular weight is 366 g/mol. The van der Waals surface area contributed by atoms with Crippen molar-refractivity contribution >= 4 is 11.9 Å². The number of hydrogen-bond acceptors (Lipinski definition) is 7. The largest absolute Gasteiger partial charge is 0.492 e. The lowest BCUT2D eigenvalue weighted by molar-refractivity contribution is 0.0922. The van der Waals surface area contributed by atoms with Gasteiger partial charge in [-0.25, -0.2) is 19.3 Å². The molecule has 1 aliphatic heterocycles. The second kappa shape index (κ2) is 6.27. The van der Waals surface area contributed by atoms with Gasteiger partial charge < -0.3 is 16.2 Å².